The van der Waals surface area contributed by atoms with Gasteiger partial charge in [-0.2, -0.15) is 0 Å². The lowest BCUT2D eigenvalue weighted by Crippen LogP contribution is -2.41. The Bertz CT molecular complexity index is 1060. The zero-order chi connectivity index (χ0) is 19.8. The van der Waals surface area contributed by atoms with Gasteiger partial charge in [0.05, 0.1) is 14.8 Å². The number of fused-ring (bicyclic) bond motifs is 1. The number of nitrogens with one attached hydrogen (secondary N) is 2. The first-order valence-corrected chi connectivity index (χ1v) is 9.21. The van der Waals surface area contributed by atoms with Crippen LogP contribution >= 0.6 is 11.6 Å². The molecule has 0 aromatic heterocycles. The van der Waals surface area contributed by atoms with Crippen molar-refractivity contribution in [3.63, 3.8) is 0 Å². The standard InChI is InChI=1S/C15H12ClN3O7S/c1-8-11(16)5-10(6-12(8)19(21)22)27(23,24)18-17-15(20)9-2-3-13-14(4-9)26-7-25-13/h2-6,18H,7H2,1H3,(H,17,20). The van der Waals surface area contributed by atoms with Crippen LogP contribution in [0.15, 0.2) is 35.2 Å². The Morgan fingerprint density at radius 1 is 1.22 bits per heavy atom. The third-order valence-electron chi connectivity index (χ3n) is 3.73. The number of hydrogen-bond acceptors (Lipinski definition) is 7. The summed E-state index contributed by atoms with van der Waals surface area (Å²) in [6.45, 7) is 1.42. The number of halogens is 1. The van der Waals surface area contributed by atoms with E-state index < -0.39 is 31.4 Å². The van der Waals surface area contributed by atoms with Crippen molar-refractivity contribution in [1.82, 2.24) is 10.3 Å². The van der Waals surface area contributed by atoms with E-state index in [0.717, 1.165) is 12.1 Å². The summed E-state index contributed by atoms with van der Waals surface area (Å²) in [6.07, 6.45) is 0. The Kier molecular flexibility index (Phi) is 4.91. The number of amides is 1. The zero-order valence-corrected chi connectivity index (χ0v) is 15.3. The SMILES string of the molecule is Cc1c(Cl)cc(S(=O)(=O)NNC(=O)c2ccc3c(c2)OCO3)cc1[N+](=O)[O-]. The van der Waals surface area contributed by atoms with Crippen LogP contribution < -0.4 is 19.7 Å². The largest absolute Gasteiger partial charge is 0.454 e. The molecule has 2 N–H and O–H groups in total. The highest BCUT2D eigenvalue weighted by Gasteiger charge is 2.23. The number of sulfonamides is 1. The average molecular weight is 414 g/mol. The quantitative estimate of drug-likeness (QED) is 0.564. The molecule has 10 nitrogen and oxygen atoms in total. The van der Waals surface area contributed by atoms with Crippen LogP contribution in [0, 0.1) is 17.0 Å². The summed E-state index contributed by atoms with van der Waals surface area (Å²) in [4.78, 5) is 23.9. The van der Waals surface area contributed by atoms with Gasteiger partial charge in [0.2, 0.25) is 6.79 Å². The summed E-state index contributed by atoms with van der Waals surface area (Å²) in [6, 6.07) is 6.23. The summed E-state index contributed by atoms with van der Waals surface area (Å²) in [7, 11) is -4.30. The van der Waals surface area contributed by atoms with Crippen molar-refractivity contribution in [3.8, 4) is 11.5 Å². The number of nitro groups is 1. The predicted octanol–water partition coefficient (Wildman–Crippen LogP) is 1.91. The van der Waals surface area contributed by atoms with Gasteiger partial charge in [-0.1, -0.05) is 11.6 Å². The number of benzene rings is 2. The number of hydrazine groups is 1. The fraction of sp³-hybridized carbons (Fsp3) is 0.133. The van der Waals surface area contributed by atoms with Crippen LogP contribution in [0.5, 0.6) is 11.5 Å². The van der Waals surface area contributed by atoms with E-state index in [1.807, 2.05) is 10.3 Å². The van der Waals surface area contributed by atoms with Crippen LogP contribution in [-0.2, 0) is 10.0 Å². The third kappa shape index (κ3) is 3.79. The van der Waals surface area contributed by atoms with Gasteiger partial charge in [-0.15, -0.1) is 4.83 Å². The van der Waals surface area contributed by atoms with Crippen LogP contribution in [0.4, 0.5) is 5.69 Å². The van der Waals surface area contributed by atoms with Gasteiger partial charge in [0.25, 0.3) is 21.6 Å². The molecule has 0 radical (unpaired) electrons. The fourth-order valence-electron chi connectivity index (χ4n) is 2.27. The molecule has 12 heteroatoms. The first-order chi connectivity index (χ1) is 12.7. The topological polar surface area (TPSA) is 137 Å². The minimum Gasteiger partial charge on any atom is -0.454 e. The second-order valence-corrected chi connectivity index (χ2v) is 7.52. The van der Waals surface area contributed by atoms with Crippen LogP contribution in [0.1, 0.15) is 15.9 Å². The molecular formula is C15H12ClN3O7S. The molecule has 0 bridgehead atoms. The minimum absolute atomic E-state index is 0.0278. The maximum Gasteiger partial charge on any atom is 0.275 e. The fourth-order valence-corrected chi connectivity index (χ4v) is 3.43. The van der Waals surface area contributed by atoms with E-state index in [4.69, 9.17) is 21.1 Å². The minimum atomic E-state index is -4.30. The second-order valence-electron chi connectivity index (χ2n) is 5.43. The molecule has 0 saturated heterocycles. The molecule has 1 aliphatic heterocycles. The number of nitro benzene ring substituents is 1. The highest BCUT2D eigenvalue weighted by Crippen LogP contribution is 2.32. The van der Waals surface area contributed by atoms with Gasteiger partial charge in [0.15, 0.2) is 11.5 Å². The molecule has 3 rings (SSSR count). The van der Waals surface area contributed by atoms with Crippen molar-refractivity contribution in [2.75, 3.05) is 6.79 Å². The lowest BCUT2D eigenvalue weighted by molar-refractivity contribution is -0.385. The monoisotopic (exact) mass is 413 g/mol. The number of rotatable bonds is 5. The molecule has 2 aromatic carbocycles. The molecule has 1 heterocycles. The molecule has 1 aliphatic rings. The predicted molar refractivity (Wildman–Crippen MR) is 93.2 cm³/mol. The van der Waals surface area contributed by atoms with Gasteiger partial charge in [0.1, 0.15) is 0 Å². The smallest absolute Gasteiger partial charge is 0.275 e. The summed E-state index contributed by atoms with van der Waals surface area (Å²) in [5, 5.41) is 10.9. The molecule has 27 heavy (non-hydrogen) atoms. The molecule has 0 fully saturated rings. The first kappa shape index (κ1) is 18.9. The summed E-state index contributed by atoms with van der Waals surface area (Å²) in [5.41, 5.74) is 1.82. The van der Waals surface area contributed by atoms with E-state index in [1.165, 1.54) is 25.1 Å². The van der Waals surface area contributed by atoms with E-state index in [-0.39, 0.29) is 22.9 Å². The van der Waals surface area contributed by atoms with E-state index in [1.54, 1.807) is 0 Å². The molecule has 0 atom stereocenters. The molecule has 0 aliphatic carbocycles. The van der Waals surface area contributed by atoms with Crippen LogP contribution in [0.3, 0.4) is 0 Å². The number of carbonyl (C=O) groups excluding carboxylic acids is 1. The van der Waals surface area contributed by atoms with E-state index in [0.29, 0.717) is 11.5 Å². The highest BCUT2D eigenvalue weighted by atomic mass is 35.5. The zero-order valence-electron chi connectivity index (χ0n) is 13.7. The van der Waals surface area contributed by atoms with Crippen LogP contribution in [0.25, 0.3) is 0 Å². The third-order valence-corrected chi connectivity index (χ3v) is 5.35. The Morgan fingerprint density at radius 3 is 2.63 bits per heavy atom. The van der Waals surface area contributed by atoms with E-state index in [2.05, 4.69) is 0 Å². The maximum absolute atomic E-state index is 12.3. The summed E-state index contributed by atoms with van der Waals surface area (Å²) < 4.78 is 35.0. The van der Waals surface area contributed by atoms with Gasteiger partial charge in [-0.25, -0.2) is 8.42 Å². The van der Waals surface area contributed by atoms with E-state index >= 15 is 0 Å². The molecule has 0 saturated carbocycles. The van der Waals surface area contributed by atoms with Crippen molar-refractivity contribution in [2.45, 2.75) is 11.8 Å². The summed E-state index contributed by atoms with van der Waals surface area (Å²) in [5.74, 6) is 0.0600. The lowest BCUT2D eigenvalue weighted by atomic mass is 10.2. The van der Waals surface area contributed by atoms with Gasteiger partial charge in [0, 0.05) is 17.2 Å². The highest BCUT2D eigenvalue weighted by molar-refractivity contribution is 7.89. The first-order valence-electron chi connectivity index (χ1n) is 7.35. The molecular weight excluding hydrogens is 402 g/mol. The normalized spacial score (nSPS) is 12.7. The molecule has 1 amide bonds. The number of nitrogens with zero attached hydrogens (tertiary/aromatic N) is 1. The maximum atomic E-state index is 12.3. The molecule has 2 aromatic rings. The van der Waals surface area contributed by atoms with Crippen LogP contribution in [-0.4, -0.2) is 26.0 Å². The van der Waals surface area contributed by atoms with Gasteiger partial charge in [-0.05, 0) is 31.2 Å². The Morgan fingerprint density at radius 2 is 1.93 bits per heavy atom. The van der Waals surface area contributed by atoms with Gasteiger partial charge >= 0.3 is 0 Å². The van der Waals surface area contributed by atoms with Gasteiger partial charge < -0.3 is 9.47 Å². The Hall–Kier alpha value is -2.89. The lowest BCUT2D eigenvalue weighted by Gasteiger charge is -2.10. The Labute approximate surface area is 158 Å². The van der Waals surface area contributed by atoms with Crippen molar-refractivity contribution >= 4 is 33.2 Å². The van der Waals surface area contributed by atoms with Crippen molar-refractivity contribution in [3.05, 3.63) is 56.6 Å². The molecule has 0 unspecified atom stereocenters. The van der Waals surface area contributed by atoms with Crippen LogP contribution in [0.2, 0.25) is 5.02 Å². The van der Waals surface area contributed by atoms with E-state index in [9.17, 15) is 23.3 Å². The number of hydrogen-bond donors (Lipinski definition) is 2. The van der Waals surface area contributed by atoms with Gasteiger partial charge in [-0.3, -0.25) is 20.3 Å². The van der Waals surface area contributed by atoms with Crippen molar-refractivity contribution in [1.29, 1.82) is 0 Å². The second kappa shape index (κ2) is 7.02. The Balaban J connectivity index is 1.79. The molecule has 0 spiro atoms. The number of carbonyl (C=O) groups is 1. The average Bonchev–Trinajstić information content (AvgIpc) is 3.09. The van der Waals surface area contributed by atoms with Crippen molar-refractivity contribution in [2.24, 2.45) is 0 Å². The molecule has 142 valence electrons. The number of ether oxygens (including phenoxy) is 2. The summed E-state index contributed by atoms with van der Waals surface area (Å²) >= 11 is 5.87. The van der Waals surface area contributed by atoms with Crippen molar-refractivity contribution < 1.29 is 27.6 Å².